The Labute approximate surface area is 148 Å². The van der Waals surface area contributed by atoms with Crippen LogP contribution in [0.4, 0.5) is 0 Å². The molecule has 1 aromatic heterocycles. The zero-order valence-corrected chi connectivity index (χ0v) is 14.2. The molecule has 0 aliphatic heterocycles. The molecule has 1 heterocycles. The number of nitrogens with zero attached hydrogens (tertiary/aromatic N) is 1. The number of esters is 1. The lowest BCUT2D eigenvalue weighted by Gasteiger charge is -2.07. The van der Waals surface area contributed by atoms with Gasteiger partial charge in [0, 0.05) is 13.2 Å². The van der Waals surface area contributed by atoms with Crippen LogP contribution in [-0.4, -0.2) is 29.0 Å². The first-order valence-corrected chi connectivity index (χ1v) is 7.67. The first-order chi connectivity index (χ1) is 11.4. The smallest absolute Gasteiger partial charge is 0.310 e. The molecule has 6 nitrogen and oxygen atoms in total. The molecule has 0 saturated carbocycles. The second-order valence-corrected chi connectivity index (χ2v) is 5.78. The van der Waals surface area contributed by atoms with Crippen molar-refractivity contribution in [1.29, 1.82) is 0 Å². The quantitative estimate of drug-likeness (QED) is 0.821. The van der Waals surface area contributed by atoms with Crippen LogP contribution in [0.25, 0.3) is 0 Å². The number of benzene rings is 1. The van der Waals surface area contributed by atoms with E-state index in [-0.39, 0.29) is 6.42 Å². The number of carbonyl (C=O) groups excluding carboxylic acids is 3. The lowest BCUT2D eigenvalue weighted by atomic mass is 10.1. The number of aromatic nitrogens is 1. The molecule has 1 N–H and O–H groups in total. The molecule has 8 heteroatoms. The van der Waals surface area contributed by atoms with Crippen LogP contribution in [0.5, 0.6) is 0 Å². The molecule has 2 amide bonds. The summed E-state index contributed by atoms with van der Waals surface area (Å²) in [5, 5.41) is 2.85. The first kappa shape index (κ1) is 18.0. The molecule has 1 aromatic carbocycles. The van der Waals surface area contributed by atoms with Crippen LogP contribution in [0.3, 0.4) is 0 Å². The monoisotopic (exact) mass is 368 g/mol. The van der Waals surface area contributed by atoms with Gasteiger partial charge in [-0.2, -0.15) is 0 Å². The third-order valence-electron chi connectivity index (χ3n) is 3.13. The van der Waals surface area contributed by atoms with E-state index >= 15 is 0 Å². The van der Waals surface area contributed by atoms with E-state index in [1.54, 1.807) is 48.1 Å². The summed E-state index contributed by atoms with van der Waals surface area (Å²) >= 11 is 11.6. The predicted octanol–water partition coefficient (Wildman–Crippen LogP) is 2.37. The van der Waals surface area contributed by atoms with Crippen molar-refractivity contribution in [3.63, 3.8) is 0 Å². The minimum Gasteiger partial charge on any atom is -0.455 e. The maximum atomic E-state index is 11.8. The summed E-state index contributed by atoms with van der Waals surface area (Å²) in [7, 11) is 1.68. The fourth-order valence-corrected chi connectivity index (χ4v) is 2.26. The van der Waals surface area contributed by atoms with Gasteiger partial charge in [0.25, 0.3) is 11.8 Å². The van der Waals surface area contributed by atoms with Crippen molar-refractivity contribution in [1.82, 2.24) is 9.88 Å². The van der Waals surface area contributed by atoms with Gasteiger partial charge in [0.1, 0.15) is 5.69 Å². The van der Waals surface area contributed by atoms with Crippen LogP contribution in [-0.2, 0) is 27.8 Å². The molecule has 0 aliphatic carbocycles. The van der Waals surface area contributed by atoms with Crippen molar-refractivity contribution in [3.05, 3.63) is 57.8 Å². The minimum absolute atomic E-state index is 0.0596. The Balaban J connectivity index is 1.80. The van der Waals surface area contributed by atoms with Crippen molar-refractivity contribution in [2.45, 2.75) is 6.42 Å². The number of halogens is 2. The Morgan fingerprint density at radius 2 is 1.92 bits per heavy atom. The van der Waals surface area contributed by atoms with E-state index in [0.717, 1.165) is 0 Å². The first-order valence-electron chi connectivity index (χ1n) is 6.92. The molecule has 0 radical (unpaired) electrons. The largest absolute Gasteiger partial charge is 0.455 e. The van der Waals surface area contributed by atoms with Gasteiger partial charge in [-0.3, -0.25) is 19.7 Å². The number of amides is 2. The fourth-order valence-electron chi connectivity index (χ4n) is 1.94. The highest BCUT2D eigenvalue weighted by Crippen LogP contribution is 2.22. The summed E-state index contributed by atoms with van der Waals surface area (Å²) in [5.41, 5.74) is 0.931. The molecule has 2 rings (SSSR count). The van der Waals surface area contributed by atoms with Crippen LogP contribution in [0, 0.1) is 0 Å². The maximum Gasteiger partial charge on any atom is 0.310 e. The van der Waals surface area contributed by atoms with Crippen LogP contribution >= 0.6 is 23.2 Å². The predicted molar refractivity (Wildman–Crippen MR) is 89.0 cm³/mol. The molecule has 0 atom stereocenters. The third kappa shape index (κ3) is 4.84. The number of carbonyl (C=O) groups is 3. The highest BCUT2D eigenvalue weighted by atomic mass is 35.5. The van der Waals surface area contributed by atoms with Crippen LogP contribution in [0.1, 0.15) is 16.1 Å². The van der Waals surface area contributed by atoms with Crippen LogP contribution in [0.15, 0.2) is 36.5 Å². The van der Waals surface area contributed by atoms with Gasteiger partial charge in [0.15, 0.2) is 6.61 Å². The average Bonchev–Trinajstić information content (AvgIpc) is 2.95. The van der Waals surface area contributed by atoms with Crippen molar-refractivity contribution in [2.24, 2.45) is 7.05 Å². The van der Waals surface area contributed by atoms with E-state index in [1.807, 2.05) is 0 Å². The summed E-state index contributed by atoms with van der Waals surface area (Å²) in [4.78, 5) is 35.2. The molecule has 0 fully saturated rings. The van der Waals surface area contributed by atoms with Crippen LogP contribution in [0.2, 0.25) is 10.0 Å². The van der Waals surface area contributed by atoms with Gasteiger partial charge in [0.05, 0.1) is 16.5 Å². The van der Waals surface area contributed by atoms with Gasteiger partial charge in [0.2, 0.25) is 0 Å². The number of ether oxygens (including phenoxy) is 1. The molecular formula is C16H14Cl2N2O4. The van der Waals surface area contributed by atoms with E-state index in [2.05, 4.69) is 5.32 Å². The standard InChI is InChI=1S/C16H14Cl2N2O4/c1-20-6-2-3-13(20)16(23)19-14(21)9-24-15(22)8-10-4-5-11(17)12(18)7-10/h2-7H,8-9H2,1H3,(H,19,21,23). The summed E-state index contributed by atoms with van der Waals surface area (Å²) in [6.45, 7) is -0.545. The van der Waals surface area contributed by atoms with Gasteiger partial charge in [-0.05, 0) is 29.8 Å². The third-order valence-corrected chi connectivity index (χ3v) is 3.87. The van der Waals surface area contributed by atoms with E-state index in [0.29, 0.717) is 21.3 Å². The van der Waals surface area contributed by atoms with E-state index in [4.69, 9.17) is 27.9 Å². The lowest BCUT2D eigenvalue weighted by molar-refractivity contribution is -0.147. The zero-order chi connectivity index (χ0) is 17.7. The normalized spacial score (nSPS) is 10.3. The molecule has 2 aromatic rings. The number of imide groups is 1. The number of rotatable bonds is 5. The molecule has 0 spiro atoms. The molecule has 0 bridgehead atoms. The summed E-state index contributed by atoms with van der Waals surface area (Å²) < 4.78 is 6.41. The van der Waals surface area contributed by atoms with E-state index < -0.39 is 24.4 Å². The average molecular weight is 369 g/mol. The molecular weight excluding hydrogens is 355 g/mol. The van der Waals surface area contributed by atoms with E-state index in [9.17, 15) is 14.4 Å². The molecule has 0 aliphatic rings. The Morgan fingerprint density at radius 1 is 1.17 bits per heavy atom. The van der Waals surface area contributed by atoms with Gasteiger partial charge in [-0.25, -0.2) is 0 Å². The SMILES string of the molecule is Cn1cccc1C(=O)NC(=O)COC(=O)Cc1ccc(Cl)c(Cl)c1. The second kappa shape index (κ2) is 7.99. The lowest BCUT2D eigenvalue weighted by Crippen LogP contribution is -2.35. The van der Waals surface area contributed by atoms with Gasteiger partial charge in [-0.15, -0.1) is 0 Å². The Bertz CT molecular complexity index is 786. The van der Waals surface area contributed by atoms with Crippen molar-refractivity contribution < 1.29 is 19.1 Å². The second-order valence-electron chi connectivity index (χ2n) is 4.97. The summed E-state index contributed by atoms with van der Waals surface area (Å²) in [6, 6.07) is 7.99. The van der Waals surface area contributed by atoms with Crippen LogP contribution < -0.4 is 5.32 Å². The van der Waals surface area contributed by atoms with E-state index in [1.165, 1.54) is 0 Å². The Kier molecular flexibility index (Phi) is 6.00. The number of hydrogen-bond acceptors (Lipinski definition) is 4. The fraction of sp³-hybridized carbons (Fsp3) is 0.188. The summed E-state index contributed by atoms with van der Waals surface area (Å²) in [6.07, 6.45) is 1.62. The Morgan fingerprint density at radius 3 is 2.54 bits per heavy atom. The maximum absolute atomic E-state index is 11.8. The number of hydrogen-bond donors (Lipinski definition) is 1. The molecule has 0 unspecified atom stereocenters. The Hall–Kier alpha value is -2.31. The number of nitrogens with one attached hydrogen (secondary N) is 1. The molecule has 126 valence electrons. The van der Waals surface area contributed by atoms with Crippen molar-refractivity contribution in [2.75, 3.05) is 6.61 Å². The minimum atomic E-state index is -0.705. The van der Waals surface area contributed by atoms with Crippen molar-refractivity contribution in [3.8, 4) is 0 Å². The zero-order valence-electron chi connectivity index (χ0n) is 12.7. The highest BCUT2D eigenvalue weighted by Gasteiger charge is 2.15. The van der Waals surface area contributed by atoms with Gasteiger partial charge < -0.3 is 9.30 Å². The molecule has 24 heavy (non-hydrogen) atoms. The number of aryl methyl sites for hydroxylation is 1. The van der Waals surface area contributed by atoms with Gasteiger partial charge >= 0.3 is 5.97 Å². The molecule has 0 saturated heterocycles. The van der Waals surface area contributed by atoms with Gasteiger partial charge in [-0.1, -0.05) is 29.3 Å². The highest BCUT2D eigenvalue weighted by molar-refractivity contribution is 6.42. The summed E-state index contributed by atoms with van der Waals surface area (Å²) in [5.74, 6) is -1.88. The topological polar surface area (TPSA) is 77.4 Å². The van der Waals surface area contributed by atoms with Crippen molar-refractivity contribution >= 4 is 41.0 Å².